The van der Waals surface area contributed by atoms with E-state index in [1.54, 1.807) is 0 Å². The van der Waals surface area contributed by atoms with E-state index in [0.717, 1.165) is 0 Å². The van der Waals surface area contributed by atoms with Crippen molar-refractivity contribution in [3.05, 3.63) is 21.6 Å². The number of nitrogens with zero attached hydrogens (tertiary/aromatic N) is 1. The number of rotatable bonds is 2. The van der Waals surface area contributed by atoms with Crippen LogP contribution in [0.4, 0.5) is 5.69 Å². The van der Waals surface area contributed by atoms with Crippen LogP contribution in [-0.2, 0) is 9.59 Å². The number of hydrogen-bond acceptors (Lipinski definition) is 3. The van der Waals surface area contributed by atoms with Crippen LogP contribution in [0.2, 0.25) is 5.02 Å². The third-order valence-corrected chi connectivity index (χ3v) is 3.60. The van der Waals surface area contributed by atoms with Crippen molar-refractivity contribution in [1.82, 2.24) is 0 Å². The smallest absolute Gasteiger partial charge is 0.308 e. The van der Waals surface area contributed by atoms with Gasteiger partial charge in [0.1, 0.15) is 0 Å². The number of hydrogen-bond donors (Lipinski definition) is 2. The molecule has 1 heterocycles. The number of benzene rings is 1. The number of halogens is 2. The van der Waals surface area contributed by atoms with E-state index in [4.69, 9.17) is 16.7 Å². The van der Waals surface area contributed by atoms with Crippen molar-refractivity contribution in [2.24, 2.45) is 5.92 Å². The second kappa shape index (κ2) is 4.78. The van der Waals surface area contributed by atoms with Crippen LogP contribution < -0.4 is 4.90 Å². The minimum atomic E-state index is -1.02. The van der Waals surface area contributed by atoms with Gasteiger partial charge < -0.3 is 15.1 Å². The van der Waals surface area contributed by atoms with Crippen LogP contribution in [0.25, 0.3) is 0 Å². The molecule has 96 valence electrons. The molecule has 5 nitrogen and oxygen atoms in total. The maximum Gasteiger partial charge on any atom is 0.308 e. The van der Waals surface area contributed by atoms with Gasteiger partial charge >= 0.3 is 5.97 Å². The highest BCUT2D eigenvalue weighted by molar-refractivity contribution is 9.10. The van der Waals surface area contributed by atoms with E-state index in [9.17, 15) is 14.7 Å². The number of carbonyl (C=O) groups excluding carboxylic acids is 1. The van der Waals surface area contributed by atoms with Crippen LogP contribution in [0.3, 0.4) is 0 Å². The van der Waals surface area contributed by atoms with E-state index in [2.05, 4.69) is 15.9 Å². The van der Waals surface area contributed by atoms with Crippen molar-refractivity contribution >= 4 is 45.1 Å². The highest BCUT2D eigenvalue weighted by Gasteiger charge is 2.36. The van der Waals surface area contributed by atoms with E-state index >= 15 is 0 Å². The zero-order chi connectivity index (χ0) is 13.4. The molecule has 0 spiro atoms. The normalized spacial score (nSPS) is 19.3. The molecular formula is C11H9BrClNO4. The number of aromatic hydroxyl groups is 1. The number of anilines is 1. The minimum absolute atomic E-state index is 0.0362. The SMILES string of the molecule is O=C(O)C1CC(=O)N(c2cc(Cl)cc(Br)c2O)C1. The lowest BCUT2D eigenvalue weighted by Crippen LogP contribution is -2.25. The van der Waals surface area contributed by atoms with Crippen LogP contribution in [0, 0.1) is 5.92 Å². The molecule has 7 heteroatoms. The average molecular weight is 335 g/mol. The van der Waals surface area contributed by atoms with E-state index < -0.39 is 11.9 Å². The highest BCUT2D eigenvalue weighted by Crippen LogP contribution is 2.39. The van der Waals surface area contributed by atoms with Crippen LogP contribution in [-0.4, -0.2) is 28.6 Å². The first-order chi connectivity index (χ1) is 8.40. The number of phenolic OH excluding ortho intramolecular Hbond substituents is 1. The molecule has 0 bridgehead atoms. The summed E-state index contributed by atoms with van der Waals surface area (Å²) in [5, 5.41) is 19.1. The van der Waals surface area contributed by atoms with E-state index in [-0.39, 0.29) is 30.3 Å². The molecule has 2 rings (SSSR count). The Morgan fingerprint density at radius 1 is 1.50 bits per heavy atom. The molecule has 0 aliphatic carbocycles. The fourth-order valence-corrected chi connectivity index (χ4v) is 2.66. The first kappa shape index (κ1) is 13.2. The molecular weight excluding hydrogens is 325 g/mol. The molecule has 0 aromatic heterocycles. The van der Waals surface area contributed by atoms with Gasteiger partial charge in [-0.3, -0.25) is 9.59 Å². The Hall–Kier alpha value is -1.27. The molecule has 0 radical (unpaired) electrons. The summed E-state index contributed by atoms with van der Waals surface area (Å²) in [5.41, 5.74) is 0.225. The highest BCUT2D eigenvalue weighted by atomic mass is 79.9. The summed E-state index contributed by atoms with van der Waals surface area (Å²) in [4.78, 5) is 23.9. The summed E-state index contributed by atoms with van der Waals surface area (Å²) in [6.07, 6.45) is -0.0705. The lowest BCUT2D eigenvalue weighted by molar-refractivity contribution is -0.141. The van der Waals surface area contributed by atoms with Crippen molar-refractivity contribution in [2.75, 3.05) is 11.4 Å². The zero-order valence-electron chi connectivity index (χ0n) is 9.06. The Kier molecular flexibility index (Phi) is 3.49. The Morgan fingerprint density at radius 3 is 2.72 bits per heavy atom. The molecule has 1 aromatic rings. The quantitative estimate of drug-likeness (QED) is 0.869. The number of carbonyl (C=O) groups is 2. The maximum absolute atomic E-state index is 11.8. The van der Waals surface area contributed by atoms with E-state index in [1.165, 1.54) is 17.0 Å². The molecule has 1 atom stereocenters. The number of carboxylic acids is 1. The van der Waals surface area contributed by atoms with Crippen LogP contribution in [0.15, 0.2) is 16.6 Å². The summed E-state index contributed by atoms with van der Waals surface area (Å²) >= 11 is 8.97. The van der Waals surface area contributed by atoms with Gasteiger partial charge in [-0.05, 0) is 28.1 Å². The van der Waals surface area contributed by atoms with Gasteiger partial charge in [0.05, 0.1) is 16.1 Å². The molecule has 1 aliphatic rings. The van der Waals surface area contributed by atoms with Crippen molar-refractivity contribution in [3.8, 4) is 5.75 Å². The Balaban J connectivity index is 2.38. The van der Waals surface area contributed by atoms with Gasteiger partial charge in [0.25, 0.3) is 0 Å². The van der Waals surface area contributed by atoms with Gasteiger partial charge in [0.2, 0.25) is 5.91 Å². The fraction of sp³-hybridized carbons (Fsp3) is 0.273. The van der Waals surface area contributed by atoms with Crippen LogP contribution in [0.5, 0.6) is 5.75 Å². The molecule has 1 unspecified atom stereocenters. The van der Waals surface area contributed by atoms with Crippen LogP contribution in [0.1, 0.15) is 6.42 Å². The standard InChI is InChI=1S/C11H9BrClNO4/c12-7-2-6(13)3-8(10(7)16)14-4-5(11(17)18)1-9(14)15/h2-3,5,16H,1,4H2,(H,17,18). The van der Waals surface area contributed by atoms with Gasteiger partial charge in [-0.15, -0.1) is 0 Å². The summed E-state index contributed by atoms with van der Waals surface area (Å²) in [5.74, 6) is -2.24. The Bertz CT molecular complexity index is 534. The van der Waals surface area contributed by atoms with Gasteiger partial charge in [0.15, 0.2) is 5.75 Å². The predicted octanol–water partition coefficient (Wildman–Crippen LogP) is 2.25. The predicted molar refractivity (Wildman–Crippen MR) is 68.9 cm³/mol. The van der Waals surface area contributed by atoms with Gasteiger partial charge in [0, 0.05) is 18.0 Å². The molecule has 1 saturated heterocycles. The largest absolute Gasteiger partial charge is 0.505 e. The molecule has 1 aliphatic heterocycles. The average Bonchev–Trinajstić information content (AvgIpc) is 2.66. The van der Waals surface area contributed by atoms with Gasteiger partial charge in [-0.2, -0.15) is 0 Å². The van der Waals surface area contributed by atoms with Crippen molar-refractivity contribution in [2.45, 2.75) is 6.42 Å². The monoisotopic (exact) mass is 333 g/mol. The topological polar surface area (TPSA) is 77.8 Å². The second-order valence-electron chi connectivity index (χ2n) is 4.00. The summed E-state index contributed by atoms with van der Waals surface area (Å²) in [6, 6.07) is 2.93. The Morgan fingerprint density at radius 2 is 2.17 bits per heavy atom. The summed E-state index contributed by atoms with van der Waals surface area (Å²) in [6.45, 7) is 0.0362. The first-order valence-corrected chi connectivity index (χ1v) is 6.28. The minimum Gasteiger partial charge on any atom is -0.505 e. The van der Waals surface area contributed by atoms with Gasteiger partial charge in [-0.25, -0.2) is 0 Å². The lowest BCUT2D eigenvalue weighted by Gasteiger charge is -2.18. The lowest BCUT2D eigenvalue weighted by atomic mass is 10.1. The molecule has 18 heavy (non-hydrogen) atoms. The molecule has 2 N–H and O–H groups in total. The number of phenols is 1. The van der Waals surface area contributed by atoms with Gasteiger partial charge in [-0.1, -0.05) is 11.6 Å². The van der Waals surface area contributed by atoms with E-state index in [0.29, 0.717) is 9.50 Å². The number of carboxylic acid groups (broad SMARTS) is 1. The number of amides is 1. The third kappa shape index (κ3) is 2.30. The van der Waals surface area contributed by atoms with Crippen molar-refractivity contribution in [1.29, 1.82) is 0 Å². The Labute approximate surface area is 116 Å². The molecule has 1 amide bonds. The first-order valence-electron chi connectivity index (χ1n) is 5.11. The van der Waals surface area contributed by atoms with E-state index in [1.807, 2.05) is 0 Å². The maximum atomic E-state index is 11.8. The number of aliphatic carboxylic acids is 1. The van der Waals surface area contributed by atoms with Crippen molar-refractivity contribution in [3.63, 3.8) is 0 Å². The summed E-state index contributed by atoms with van der Waals surface area (Å²) < 4.78 is 0.358. The fourth-order valence-electron chi connectivity index (χ4n) is 1.86. The summed E-state index contributed by atoms with van der Waals surface area (Å²) in [7, 11) is 0. The second-order valence-corrected chi connectivity index (χ2v) is 5.29. The molecule has 0 saturated carbocycles. The van der Waals surface area contributed by atoms with Crippen LogP contribution >= 0.6 is 27.5 Å². The zero-order valence-corrected chi connectivity index (χ0v) is 11.4. The molecule has 1 fully saturated rings. The van der Waals surface area contributed by atoms with Crippen molar-refractivity contribution < 1.29 is 19.8 Å². The molecule has 1 aromatic carbocycles. The third-order valence-electron chi connectivity index (χ3n) is 2.77.